The van der Waals surface area contributed by atoms with E-state index in [4.69, 9.17) is 0 Å². The van der Waals surface area contributed by atoms with Gasteiger partial charge < -0.3 is 5.32 Å². The number of hydrogen-bond acceptors (Lipinski definition) is 4. The van der Waals surface area contributed by atoms with E-state index in [0.717, 1.165) is 23.4 Å². The highest BCUT2D eigenvalue weighted by atomic mass is 32.2. The molecule has 1 aromatic heterocycles. The number of nitrogens with one attached hydrogen (secondary N) is 1. The second-order valence-electron chi connectivity index (χ2n) is 3.48. The molecule has 0 saturated heterocycles. The molecule has 0 bridgehead atoms. The first-order valence-electron chi connectivity index (χ1n) is 5.07. The molecule has 0 unspecified atom stereocenters. The predicted octanol–water partition coefficient (Wildman–Crippen LogP) is 1.71. The fourth-order valence-electron chi connectivity index (χ4n) is 1.21. The van der Waals surface area contributed by atoms with Crippen LogP contribution >= 0.6 is 11.8 Å². The summed E-state index contributed by atoms with van der Waals surface area (Å²) in [6.45, 7) is 1.14. The minimum Gasteiger partial charge on any atom is -0.314 e. The lowest BCUT2D eigenvalue weighted by Crippen LogP contribution is -2.17. The molecule has 14 heavy (non-hydrogen) atoms. The average Bonchev–Trinajstić information content (AvgIpc) is 3.03. The molecule has 1 fully saturated rings. The summed E-state index contributed by atoms with van der Waals surface area (Å²) in [5.74, 6) is 1.14. The van der Waals surface area contributed by atoms with Crippen LogP contribution in [0.15, 0.2) is 23.6 Å². The molecule has 0 radical (unpaired) electrons. The average molecular weight is 209 g/mol. The summed E-state index contributed by atoms with van der Waals surface area (Å²) in [7, 11) is 0. The maximum Gasteiger partial charge on any atom is 0.116 e. The van der Waals surface area contributed by atoms with E-state index in [9.17, 15) is 0 Å². The number of thioether (sulfide) groups is 1. The molecule has 0 amide bonds. The van der Waals surface area contributed by atoms with E-state index in [1.165, 1.54) is 19.3 Å². The van der Waals surface area contributed by atoms with Gasteiger partial charge in [-0.3, -0.25) is 0 Å². The van der Waals surface area contributed by atoms with E-state index in [1.54, 1.807) is 24.3 Å². The Balaban J connectivity index is 1.54. The topological polar surface area (TPSA) is 37.8 Å². The lowest BCUT2D eigenvalue weighted by Gasteiger charge is -2.01. The molecular weight excluding hydrogens is 194 g/mol. The molecule has 0 aliphatic heterocycles. The first-order chi connectivity index (χ1) is 6.95. The van der Waals surface area contributed by atoms with Gasteiger partial charge in [0.1, 0.15) is 6.33 Å². The summed E-state index contributed by atoms with van der Waals surface area (Å²) in [4.78, 5) is 8.04. The van der Waals surface area contributed by atoms with Gasteiger partial charge in [0.25, 0.3) is 0 Å². The third-order valence-corrected chi connectivity index (χ3v) is 3.17. The van der Waals surface area contributed by atoms with Crippen molar-refractivity contribution in [3.05, 3.63) is 18.6 Å². The predicted molar refractivity (Wildman–Crippen MR) is 58.4 cm³/mol. The molecule has 1 heterocycles. The molecule has 1 N–H and O–H groups in total. The zero-order chi connectivity index (χ0) is 9.64. The summed E-state index contributed by atoms with van der Waals surface area (Å²) < 4.78 is 0. The van der Waals surface area contributed by atoms with E-state index >= 15 is 0 Å². The second kappa shape index (κ2) is 5.32. The molecular formula is C10H15N3S. The van der Waals surface area contributed by atoms with Crippen LogP contribution in [-0.2, 0) is 0 Å². The van der Waals surface area contributed by atoms with E-state index in [-0.39, 0.29) is 0 Å². The number of aromatic nitrogens is 2. The van der Waals surface area contributed by atoms with Crippen LogP contribution in [0.25, 0.3) is 0 Å². The summed E-state index contributed by atoms with van der Waals surface area (Å²) >= 11 is 1.80. The Morgan fingerprint density at radius 3 is 3.14 bits per heavy atom. The number of nitrogens with zero attached hydrogens (tertiary/aromatic N) is 2. The minimum atomic E-state index is 0.832. The Hall–Kier alpha value is -0.610. The third kappa shape index (κ3) is 3.64. The van der Waals surface area contributed by atoms with Gasteiger partial charge in [0.2, 0.25) is 0 Å². The van der Waals surface area contributed by atoms with Gasteiger partial charge in [0, 0.05) is 18.0 Å². The molecule has 4 heteroatoms. The summed E-state index contributed by atoms with van der Waals surface area (Å²) in [6, 6.07) is 2.79. The molecule has 1 aromatic rings. The van der Waals surface area contributed by atoms with Gasteiger partial charge >= 0.3 is 0 Å². The monoisotopic (exact) mass is 209 g/mol. The molecule has 76 valence electrons. The Kier molecular flexibility index (Phi) is 3.77. The number of rotatable bonds is 6. The quantitative estimate of drug-likeness (QED) is 0.440. The normalized spacial score (nSPS) is 15.7. The maximum absolute atomic E-state index is 4.16. The van der Waals surface area contributed by atoms with Gasteiger partial charge in [-0.1, -0.05) is 0 Å². The van der Waals surface area contributed by atoms with Crippen LogP contribution in [0.3, 0.4) is 0 Å². The Labute approximate surface area is 88.7 Å². The zero-order valence-corrected chi connectivity index (χ0v) is 8.96. The molecule has 1 aliphatic carbocycles. The van der Waals surface area contributed by atoms with Gasteiger partial charge in [0.05, 0.1) is 5.03 Å². The molecule has 0 aromatic carbocycles. The molecule has 0 spiro atoms. The number of hydrogen-bond donors (Lipinski definition) is 1. The van der Waals surface area contributed by atoms with Gasteiger partial charge in [0.15, 0.2) is 0 Å². The summed E-state index contributed by atoms with van der Waals surface area (Å²) in [6.07, 6.45) is 7.35. The van der Waals surface area contributed by atoms with Crippen LogP contribution in [0.2, 0.25) is 0 Å². The summed E-state index contributed by atoms with van der Waals surface area (Å²) in [5.41, 5.74) is 0. The minimum absolute atomic E-state index is 0.832. The Morgan fingerprint density at radius 1 is 1.50 bits per heavy atom. The Morgan fingerprint density at radius 2 is 2.43 bits per heavy atom. The van der Waals surface area contributed by atoms with Crippen molar-refractivity contribution < 1.29 is 0 Å². The molecule has 1 saturated carbocycles. The van der Waals surface area contributed by atoms with Crippen molar-refractivity contribution >= 4 is 11.8 Å². The lowest BCUT2D eigenvalue weighted by molar-refractivity contribution is 0.674. The fourth-order valence-corrected chi connectivity index (χ4v) is 1.98. The maximum atomic E-state index is 4.16. The van der Waals surface area contributed by atoms with Crippen molar-refractivity contribution in [2.24, 2.45) is 0 Å². The van der Waals surface area contributed by atoms with Gasteiger partial charge in [-0.15, -0.1) is 11.8 Å². The van der Waals surface area contributed by atoms with Gasteiger partial charge in [-0.05, 0) is 31.9 Å². The zero-order valence-electron chi connectivity index (χ0n) is 8.15. The van der Waals surface area contributed by atoms with E-state index in [1.807, 2.05) is 6.07 Å². The smallest absolute Gasteiger partial charge is 0.116 e. The van der Waals surface area contributed by atoms with Crippen LogP contribution in [0.4, 0.5) is 0 Å². The van der Waals surface area contributed by atoms with Crippen LogP contribution in [0.1, 0.15) is 19.3 Å². The molecule has 3 nitrogen and oxygen atoms in total. The van der Waals surface area contributed by atoms with Crippen molar-refractivity contribution in [2.75, 3.05) is 12.3 Å². The molecule has 0 atom stereocenters. The highest BCUT2D eigenvalue weighted by molar-refractivity contribution is 7.99. The molecule has 2 rings (SSSR count). The first-order valence-corrected chi connectivity index (χ1v) is 6.06. The van der Waals surface area contributed by atoms with Crippen molar-refractivity contribution in [1.82, 2.24) is 15.3 Å². The lowest BCUT2D eigenvalue weighted by atomic mass is 10.5. The van der Waals surface area contributed by atoms with Crippen molar-refractivity contribution in [1.29, 1.82) is 0 Å². The van der Waals surface area contributed by atoms with Gasteiger partial charge in [-0.25, -0.2) is 9.97 Å². The Bertz CT molecular complexity index is 261. The third-order valence-electron chi connectivity index (χ3n) is 2.14. The van der Waals surface area contributed by atoms with E-state index < -0.39 is 0 Å². The highest BCUT2D eigenvalue weighted by Gasteiger charge is 2.19. The summed E-state index contributed by atoms with van der Waals surface area (Å²) in [5, 5.41) is 4.57. The van der Waals surface area contributed by atoms with E-state index in [0.29, 0.717) is 0 Å². The largest absolute Gasteiger partial charge is 0.314 e. The van der Waals surface area contributed by atoms with Crippen LogP contribution in [-0.4, -0.2) is 28.3 Å². The van der Waals surface area contributed by atoms with Crippen LogP contribution in [0, 0.1) is 0 Å². The molecule has 1 aliphatic rings. The fraction of sp³-hybridized carbons (Fsp3) is 0.600. The van der Waals surface area contributed by atoms with Crippen molar-refractivity contribution in [2.45, 2.75) is 30.3 Å². The van der Waals surface area contributed by atoms with Crippen molar-refractivity contribution in [3.63, 3.8) is 0 Å². The van der Waals surface area contributed by atoms with Crippen LogP contribution < -0.4 is 5.32 Å². The van der Waals surface area contributed by atoms with Gasteiger partial charge in [-0.2, -0.15) is 0 Å². The van der Waals surface area contributed by atoms with E-state index in [2.05, 4.69) is 15.3 Å². The second-order valence-corrected chi connectivity index (χ2v) is 4.59. The van der Waals surface area contributed by atoms with Crippen molar-refractivity contribution in [3.8, 4) is 0 Å². The van der Waals surface area contributed by atoms with Crippen LogP contribution in [0.5, 0.6) is 0 Å². The first kappa shape index (κ1) is 9.93. The standard InChI is InChI=1S/C10H15N3S/c1(5-12-9-2-3-9)7-14-10-4-6-11-8-13-10/h4,6,8-9,12H,1-3,5,7H2. The highest BCUT2D eigenvalue weighted by Crippen LogP contribution is 2.19. The SMILES string of the molecule is c1cc(SCCCNC2CC2)ncn1.